The average Bonchev–Trinajstić information content (AvgIpc) is 2.17. The van der Waals surface area contributed by atoms with E-state index in [1.54, 1.807) is 4.31 Å². The molecule has 1 N–H and O–H groups in total. The Morgan fingerprint density at radius 3 is 2.20 bits per heavy atom. The zero-order valence-corrected chi connectivity index (χ0v) is 10.5. The first-order chi connectivity index (χ1) is 6.93. The molecule has 1 heterocycles. The molecule has 1 aliphatic heterocycles. The summed E-state index contributed by atoms with van der Waals surface area (Å²) < 4.78 is 24.1. The van der Waals surface area contributed by atoms with E-state index in [1.165, 1.54) is 6.26 Å². The number of likely N-dealkylation sites (N-methyl/N-ethyl adjacent to an activating group) is 1. The van der Waals surface area contributed by atoms with Crippen LogP contribution in [0, 0.1) is 0 Å². The topological polar surface area (TPSA) is 52.6 Å². The van der Waals surface area contributed by atoms with Gasteiger partial charge >= 0.3 is 0 Å². The number of rotatable bonds is 4. The summed E-state index contributed by atoms with van der Waals surface area (Å²) in [6.07, 6.45) is 1.28. The van der Waals surface area contributed by atoms with Crippen LogP contribution in [0.15, 0.2) is 0 Å². The van der Waals surface area contributed by atoms with Crippen LogP contribution in [0.2, 0.25) is 0 Å². The molecule has 0 saturated carbocycles. The van der Waals surface area contributed by atoms with Gasteiger partial charge in [-0.25, -0.2) is 8.42 Å². The average molecular weight is 235 g/mol. The quantitative estimate of drug-likeness (QED) is 0.691. The van der Waals surface area contributed by atoms with Crippen molar-refractivity contribution >= 4 is 10.0 Å². The molecular formula is C9H21N3O2S. The summed E-state index contributed by atoms with van der Waals surface area (Å²) >= 11 is 0. The van der Waals surface area contributed by atoms with Crippen LogP contribution in [0.4, 0.5) is 0 Å². The molecule has 1 unspecified atom stereocenters. The molecule has 0 spiro atoms. The van der Waals surface area contributed by atoms with Crippen molar-refractivity contribution in [2.75, 3.05) is 46.0 Å². The molecule has 1 atom stereocenters. The molecule has 1 rings (SSSR count). The van der Waals surface area contributed by atoms with Gasteiger partial charge in [-0.1, -0.05) is 0 Å². The van der Waals surface area contributed by atoms with Crippen LogP contribution in [-0.4, -0.2) is 69.7 Å². The molecule has 0 aromatic heterocycles. The second-order valence-electron chi connectivity index (χ2n) is 4.15. The predicted molar refractivity (Wildman–Crippen MR) is 61.4 cm³/mol. The number of hydrogen-bond acceptors (Lipinski definition) is 4. The third-order valence-electron chi connectivity index (χ3n) is 2.83. The zero-order valence-electron chi connectivity index (χ0n) is 9.73. The van der Waals surface area contributed by atoms with Crippen molar-refractivity contribution in [3.8, 4) is 0 Å². The fraction of sp³-hybridized carbons (Fsp3) is 1.00. The third-order valence-corrected chi connectivity index (χ3v) is 4.13. The lowest BCUT2D eigenvalue weighted by molar-refractivity contribution is 0.177. The van der Waals surface area contributed by atoms with Crippen LogP contribution in [0.5, 0.6) is 0 Å². The fourth-order valence-corrected chi connectivity index (χ4v) is 2.55. The van der Waals surface area contributed by atoms with Gasteiger partial charge in [-0.05, 0) is 14.0 Å². The minimum atomic E-state index is -2.99. The Morgan fingerprint density at radius 1 is 1.27 bits per heavy atom. The second-order valence-corrected chi connectivity index (χ2v) is 6.13. The molecule has 0 bridgehead atoms. The Kier molecular flexibility index (Phi) is 4.51. The summed E-state index contributed by atoms with van der Waals surface area (Å²) in [5, 5.41) is 3.18. The maximum absolute atomic E-state index is 11.3. The predicted octanol–water partition coefficient (Wildman–Crippen LogP) is -0.828. The number of piperazine rings is 1. The Labute approximate surface area is 92.5 Å². The number of nitrogens with one attached hydrogen (secondary N) is 1. The molecule has 0 aromatic carbocycles. The van der Waals surface area contributed by atoms with E-state index >= 15 is 0 Å². The van der Waals surface area contributed by atoms with E-state index in [0.29, 0.717) is 19.1 Å². The zero-order chi connectivity index (χ0) is 11.5. The molecule has 90 valence electrons. The van der Waals surface area contributed by atoms with E-state index < -0.39 is 10.0 Å². The Morgan fingerprint density at radius 2 is 1.80 bits per heavy atom. The molecule has 0 aromatic rings. The molecule has 15 heavy (non-hydrogen) atoms. The van der Waals surface area contributed by atoms with Gasteiger partial charge in [0.2, 0.25) is 10.0 Å². The standard InChI is InChI=1S/C9H21N3O2S/c1-9(10-2)8-11-4-6-12(7-5-11)15(3,13)14/h9-10H,4-8H2,1-3H3. The Hall–Kier alpha value is -0.170. The van der Waals surface area contributed by atoms with Gasteiger partial charge in [-0.15, -0.1) is 0 Å². The van der Waals surface area contributed by atoms with Crippen molar-refractivity contribution in [2.45, 2.75) is 13.0 Å². The largest absolute Gasteiger partial charge is 0.316 e. The summed E-state index contributed by atoms with van der Waals surface area (Å²) in [5.41, 5.74) is 0. The van der Waals surface area contributed by atoms with Gasteiger partial charge < -0.3 is 5.32 Å². The first-order valence-electron chi connectivity index (χ1n) is 5.28. The maximum atomic E-state index is 11.3. The summed E-state index contributed by atoms with van der Waals surface area (Å²) in [7, 11) is -1.05. The minimum Gasteiger partial charge on any atom is -0.316 e. The van der Waals surface area contributed by atoms with E-state index in [9.17, 15) is 8.42 Å². The molecular weight excluding hydrogens is 214 g/mol. The smallest absolute Gasteiger partial charge is 0.211 e. The van der Waals surface area contributed by atoms with Crippen LogP contribution in [0.25, 0.3) is 0 Å². The Balaban J connectivity index is 2.36. The van der Waals surface area contributed by atoms with Crippen LogP contribution in [0.3, 0.4) is 0 Å². The third kappa shape index (κ3) is 4.06. The van der Waals surface area contributed by atoms with Gasteiger partial charge in [0.25, 0.3) is 0 Å². The van der Waals surface area contributed by atoms with Crippen molar-refractivity contribution in [1.29, 1.82) is 0 Å². The van der Waals surface area contributed by atoms with Crippen molar-refractivity contribution < 1.29 is 8.42 Å². The van der Waals surface area contributed by atoms with Crippen molar-refractivity contribution in [1.82, 2.24) is 14.5 Å². The van der Waals surface area contributed by atoms with E-state index in [4.69, 9.17) is 0 Å². The molecule has 1 aliphatic rings. The summed E-state index contributed by atoms with van der Waals surface area (Å²) in [4.78, 5) is 2.29. The van der Waals surface area contributed by atoms with Gasteiger partial charge in [0.05, 0.1) is 6.26 Å². The monoisotopic (exact) mass is 235 g/mol. The SMILES string of the molecule is CNC(C)CN1CCN(S(C)(=O)=O)CC1. The molecule has 6 heteroatoms. The highest BCUT2D eigenvalue weighted by Gasteiger charge is 2.23. The minimum absolute atomic E-state index is 0.454. The lowest BCUT2D eigenvalue weighted by atomic mass is 10.3. The van der Waals surface area contributed by atoms with Gasteiger partial charge in [0.1, 0.15) is 0 Å². The van der Waals surface area contributed by atoms with Crippen LogP contribution in [0.1, 0.15) is 6.92 Å². The van der Waals surface area contributed by atoms with E-state index in [1.807, 2.05) is 7.05 Å². The van der Waals surface area contributed by atoms with Gasteiger partial charge in [0.15, 0.2) is 0 Å². The van der Waals surface area contributed by atoms with Crippen LogP contribution < -0.4 is 5.32 Å². The van der Waals surface area contributed by atoms with Gasteiger partial charge in [0, 0.05) is 38.8 Å². The van der Waals surface area contributed by atoms with E-state index in [0.717, 1.165) is 19.6 Å². The molecule has 0 aliphatic carbocycles. The number of sulfonamides is 1. The lowest BCUT2D eigenvalue weighted by Crippen LogP contribution is -2.51. The molecule has 0 radical (unpaired) electrons. The molecule has 5 nitrogen and oxygen atoms in total. The summed E-state index contributed by atoms with van der Waals surface area (Å²) in [6, 6.07) is 0.454. The van der Waals surface area contributed by atoms with Crippen LogP contribution in [-0.2, 0) is 10.0 Å². The summed E-state index contributed by atoms with van der Waals surface area (Å²) in [5.74, 6) is 0. The number of hydrogen-bond donors (Lipinski definition) is 1. The fourth-order valence-electron chi connectivity index (χ4n) is 1.72. The highest BCUT2D eigenvalue weighted by molar-refractivity contribution is 7.88. The normalized spacial score (nSPS) is 22.9. The number of nitrogens with zero attached hydrogens (tertiary/aromatic N) is 2. The van der Waals surface area contributed by atoms with Crippen molar-refractivity contribution in [3.63, 3.8) is 0 Å². The molecule has 0 amide bonds. The van der Waals surface area contributed by atoms with E-state index in [2.05, 4.69) is 17.1 Å². The maximum Gasteiger partial charge on any atom is 0.211 e. The Bertz CT molecular complexity index is 284. The van der Waals surface area contributed by atoms with Crippen molar-refractivity contribution in [3.05, 3.63) is 0 Å². The first-order valence-corrected chi connectivity index (χ1v) is 7.13. The molecule has 1 saturated heterocycles. The molecule has 1 fully saturated rings. The van der Waals surface area contributed by atoms with Gasteiger partial charge in [-0.2, -0.15) is 4.31 Å². The second kappa shape index (κ2) is 5.25. The van der Waals surface area contributed by atoms with Crippen LogP contribution >= 0.6 is 0 Å². The lowest BCUT2D eigenvalue weighted by Gasteiger charge is -2.34. The highest BCUT2D eigenvalue weighted by atomic mass is 32.2. The highest BCUT2D eigenvalue weighted by Crippen LogP contribution is 2.06. The van der Waals surface area contributed by atoms with E-state index in [-0.39, 0.29) is 0 Å². The summed E-state index contributed by atoms with van der Waals surface area (Å²) in [6.45, 7) is 6.01. The van der Waals surface area contributed by atoms with Gasteiger partial charge in [-0.3, -0.25) is 4.90 Å². The first kappa shape index (κ1) is 12.9. The van der Waals surface area contributed by atoms with Crippen molar-refractivity contribution in [2.24, 2.45) is 0 Å².